The van der Waals surface area contributed by atoms with Gasteiger partial charge in [0.15, 0.2) is 0 Å². The Morgan fingerprint density at radius 2 is 1.89 bits per heavy atom. The second-order valence-corrected chi connectivity index (χ2v) is 5.85. The number of benzene rings is 2. The first-order chi connectivity index (χ1) is 9.01. The van der Waals surface area contributed by atoms with Crippen molar-refractivity contribution >= 4 is 39.1 Å². The molecule has 1 unspecified atom stereocenters. The van der Waals surface area contributed by atoms with Crippen LogP contribution in [0.3, 0.4) is 0 Å². The third-order valence-corrected chi connectivity index (χ3v) is 3.80. The van der Waals surface area contributed by atoms with Crippen LogP contribution in [0.1, 0.15) is 17.2 Å². The Hall–Kier alpha value is -0.610. The molecule has 0 aliphatic heterocycles. The summed E-state index contributed by atoms with van der Waals surface area (Å²) in [6.45, 7) is 0. The van der Waals surface area contributed by atoms with Crippen molar-refractivity contribution in [3.63, 3.8) is 0 Å². The monoisotopic (exact) mass is 361 g/mol. The third kappa shape index (κ3) is 3.48. The lowest BCUT2D eigenvalue weighted by molar-refractivity contribution is 0.617. The number of hydrogen-bond acceptors (Lipinski definition) is 1. The number of nitrogens with one attached hydrogen (secondary N) is 1. The van der Waals surface area contributed by atoms with Crippen LogP contribution < -0.4 is 5.32 Å². The minimum Gasteiger partial charge on any atom is -0.309 e. The minimum absolute atomic E-state index is 0.224. The Kier molecular flexibility index (Phi) is 4.85. The molecule has 2 aromatic rings. The maximum Gasteiger partial charge on any atom is 0.123 e. The lowest BCUT2D eigenvalue weighted by atomic mass is 9.99. The van der Waals surface area contributed by atoms with Crippen molar-refractivity contribution in [2.24, 2.45) is 0 Å². The average Bonchev–Trinajstić information content (AvgIpc) is 2.33. The molecule has 1 nitrogen and oxygen atoms in total. The summed E-state index contributed by atoms with van der Waals surface area (Å²) in [5, 5.41) is 4.25. The highest BCUT2D eigenvalue weighted by Crippen LogP contribution is 2.31. The molecular formula is C14H11BrCl2FN. The summed E-state index contributed by atoms with van der Waals surface area (Å²) < 4.78 is 14.3. The molecule has 0 aromatic heterocycles. The molecule has 1 N–H and O–H groups in total. The standard InChI is InChI=1S/C14H11BrCl2FN/c1-19-14(8-4-9(15)6-10(16)5-8)12-7-11(18)2-3-13(12)17/h2-7,14,19H,1H3. The van der Waals surface area contributed by atoms with E-state index in [1.54, 1.807) is 19.2 Å². The molecule has 0 aliphatic carbocycles. The Morgan fingerprint density at radius 1 is 1.16 bits per heavy atom. The molecule has 0 spiro atoms. The first kappa shape index (κ1) is 14.8. The van der Waals surface area contributed by atoms with Crippen molar-refractivity contribution in [3.8, 4) is 0 Å². The molecule has 0 heterocycles. The molecular weight excluding hydrogens is 352 g/mol. The summed E-state index contributed by atoms with van der Waals surface area (Å²) in [7, 11) is 1.79. The molecule has 100 valence electrons. The largest absolute Gasteiger partial charge is 0.309 e. The summed E-state index contributed by atoms with van der Waals surface area (Å²) in [5.74, 6) is -0.319. The molecule has 19 heavy (non-hydrogen) atoms. The van der Waals surface area contributed by atoms with Gasteiger partial charge in [-0.2, -0.15) is 0 Å². The Morgan fingerprint density at radius 3 is 2.53 bits per heavy atom. The fourth-order valence-corrected chi connectivity index (χ4v) is 3.09. The quantitative estimate of drug-likeness (QED) is 0.790. The van der Waals surface area contributed by atoms with Gasteiger partial charge in [-0.3, -0.25) is 0 Å². The van der Waals surface area contributed by atoms with Crippen molar-refractivity contribution < 1.29 is 4.39 Å². The van der Waals surface area contributed by atoms with Crippen molar-refractivity contribution in [1.82, 2.24) is 5.32 Å². The van der Waals surface area contributed by atoms with Crippen LogP contribution >= 0.6 is 39.1 Å². The van der Waals surface area contributed by atoms with Gasteiger partial charge in [0.05, 0.1) is 6.04 Å². The number of hydrogen-bond donors (Lipinski definition) is 1. The first-order valence-electron chi connectivity index (χ1n) is 5.59. The zero-order valence-corrected chi connectivity index (χ0v) is 13.2. The lowest BCUT2D eigenvalue weighted by Gasteiger charge is -2.19. The van der Waals surface area contributed by atoms with Gasteiger partial charge >= 0.3 is 0 Å². The third-order valence-electron chi connectivity index (χ3n) is 2.78. The topological polar surface area (TPSA) is 12.0 Å². The van der Waals surface area contributed by atoms with Crippen LogP contribution in [0.2, 0.25) is 10.0 Å². The van der Waals surface area contributed by atoms with Crippen LogP contribution in [0.25, 0.3) is 0 Å². The molecule has 5 heteroatoms. The smallest absolute Gasteiger partial charge is 0.123 e. The summed E-state index contributed by atoms with van der Waals surface area (Å²) in [6.07, 6.45) is 0. The van der Waals surface area contributed by atoms with Gasteiger partial charge in [-0.05, 0) is 54.6 Å². The van der Waals surface area contributed by atoms with E-state index in [1.165, 1.54) is 12.1 Å². The molecule has 0 amide bonds. The van der Waals surface area contributed by atoms with Crippen LogP contribution in [0.15, 0.2) is 40.9 Å². The molecule has 0 aliphatic rings. The molecule has 2 aromatic carbocycles. The normalized spacial score (nSPS) is 12.5. The molecule has 1 atom stereocenters. The van der Waals surface area contributed by atoms with E-state index in [4.69, 9.17) is 23.2 Å². The Balaban J connectivity index is 2.52. The van der Waals surface area contributed by atoms with Crippen LogP contribution in [-0.2, 0) is 0 Å². The van der Waals surface area contributed by atoms with Crippen molar-refractivity contribution in [2.45, 2.75) is 6.04 Å². The second-order valence-electron chi connectivity index (χ2n) is 4.09. The number of rotatable bonds is 3. The minimum atomic E-state index is -0.319. The van der Waals surface area contributed by atoms with Gasteiger partial charge in [0, 0.05) is 14.5 Å². The molecule has 0 saturated carbocycles. The number of halogens is 4. The first-order valence-corrected chi connectivity index (χ1v) is 7.14. The Bertz CT molecular complexity index is 584. The van der Waals surface area contributed by atoms with Crippen LogP contribution in [-0.4, -0.2) is 7.05 Å². The lowest BCUT2D eigenvalue weighted by Crippen LogP contribution is -2.18. The van der Waals surface area contributed by atoms with Gasteiger partial charge in [-0.25, -0.2) is 4.39 Å². The van der Waals surface area contributed by atoms with Gasteiger partial charge in [0.1, 0.15) is 5.82 Å². The summed E-state index contributed by atoms with van der Waals surface area (Å²) in [6, 6.07) is 9.65. The summed E-state index contributed by atoms with van der Waals surface area (Å²) in [5.41, 5.74) is 1.59. The van der Waals surface area contributed by atoms with E-state index in [0.29, 0.717) is 15.6 Å². The molecule has 2 rings (SSSR count). The van der Waals surface area contributed by atoms with Crippen LogP contribution in [0.4, 0.5) is 4.39 Å². The highest BCUT2D eigenvalue weighted by atomic mass is 79.9. The average molecular weight is 363 g/mol. The van der Waals surface area contributed by atoms with Gasteiger partial charge in [0.25, 0.3) is 0 Å². The fourth-order valence-electron chi connectivity index (χ4n) is 1.98. The predicted octanol–water partition coefficient (Wildman–Crippen LogP) is 5.20. The Labute approximate surface area is 129 Å². The van der Waals surface area contributed by atoms with Crippen molar-refractivity contribution in [2.75, 3.05) is 7.05 Å². The van der Waals surface area contributed by atoms with Crippen LogP contribution in [0, 0.1) is 5.82 Å². The maximum absolute atomic E-state index is 13.4. The van der Waals surface area contributed by atoms with Gasteiger partial charge < -0.3 is 5.32 Å². The molecule has 0 bridgehead atoms. The van der Waals surface area contributed by atoms with E-state index in [2.05, 4.69) is 21.2 Å². The maximum atomic E-state index is 13.4. The van der Waals surface area contributed by atoms with Crippen molar-refractivity contribution in [1.29, 1.82) is 0 Å². The van der Waals surface area contributed by atoms with E-state index >= 15 is 0 Å². The summed E-state index contributed by atoms with van der Waals surface area (Å²) in [4.78, 5) is 0. The zero-order valence-electron chi connectivity index (χ0n) is 10.1. The zero-order chi connectivity index (χ0) is 14.0. The van der Waals surface area contributed by atoms with E-state index in [-0.39, 0.29) is 11.9 Å². The highest BCUT2D eigenvalue weighted by molar-refractivity contribution is 9.10. The van der Waals surface area contributed by atoms with Gasteiger partial charge in [-0.1, -0.05) is 39.1 Å². The van der Waals surface area contributed by atoms with E-state index in [0.717, 1.165) is 10.0 Å². The molecule has 0 radical (unpaired) electrons. The van der Waals surface area contributed by atoms with E-state index in [9.17, 15) is 4.39 Å². The highest BCUT2D eigenvalue weighted by Gasteiger charge is 2.17. The second kappa shape index (κ2) is 6.23. The summed E-state index contributed by atoms with van der Waals surface area (Å²) >= 11 is 15.6. The fraction of sp³-hybridized carbons (Fsp3) is 0.143. The molecule has 0 saturated heterocycles. The van der Waals surface area contributed by atoms with E-state index < -0.39 is 0 Å². The molecule has 0 fully saturated rings. The van der Waals surface area contributed by atoms with Crippen molar-refractivity contribution in [3.05, 3.63) is 67.9 Å². The predicted molar refractivity (Wildman–Crippen MR) is 81.5 cm³/mol. The van der Waals surface area contributed by atoms with Gasteiger partial charge in [-0.15, -0.1) is 0 Å². The van der Waals surface area contributed by atoms with E-state index in [1.807, 2.05) is 12.1 Å². The SMILES string of the molecule is CNC(c1cc(Cl)cc(Br)c1)c1cc(F)ccc1Cl. The van der Waals surface area contributed by atoms with Gasteiger partial charge in [0.2, 0.25) is 0 Å². The van der Waals surface area contributed by atoms with Crippen LogP contribution in [0.5, 0.6) is 0 Å².